The molecule has 0 radical (unpaired) electrons. The van der Waals surface area contributed by atoms with Crippen LogP contribution in [0.4, 0.5) is 11.4 Å². The fourth-order valence-electron chi connectivity index (χ4n) is 7.03. The molecule has 1 aromatic carbocycles. The molecule has 5 rings (SSSR count). The van der Waals surface area contributed by atoms with Crippen LogP contribution in [0.3, 0.4) is 0 Å². The van der Waals surface area contributed by atoms with E-state index in [0.717, 1.165) is 43.7 Å². The summed E-state index contributed by atoms with van der Waals surface area (Å²) in [7, 11) is 0. The topological polar surface area (TPSA) is 90.4 Å². The molecule has 41 heavy (non-hydrogen) atoms. The molecule has 2 amide bonds. The monoisotopic (exact) mass is 581 g/mol. The van der Waals surface area contributed by atoms with Gasteiger partial charge >= 0.3 is 5.97 Å². The van der Waals surface area contributed by atoms with Gasteiger partial charge in [-0.3, -0.25) is 14.4 Å². The Morgan fingerprint density at radius 2 is 1.83 bits per heavy atom. The quantitative estimate of drug-likeness (QED) is 0.366. The minimum absolute atomic E-state index is 0.0326. The molecule has 8 nitrogen and oxygen atoms in total. The van der Waals surface area contributed by atoms with Gasteiger partial charge in [0.25, 0.3) is 5.91 Å². The Balaban J connectivity index is 1.60. The Morgan fingerprint density at radius 3 is 2.49 bits per heavy atom. The number of nitrogens with zero attached hydrogens (tertiary/aromatic N) is 3. The lowest BCUT2D eigenvalue weighted by Gasteiger charge is -2.40. The zero-order valence-electron chi connectivity index (χ0n) is 24.6. The SMILES string of the molecule is CC[C@H](C)[C@H](CO)N1C(=O)[C@@H]2[C@H]3C(=O)OCCC/C=C\[C@H]3S[C@@]23C=CCN(c2ccc(N(CC)CC)cc2)C(=O)C13. The Hall–Kier alpha value is -2.78. The highest BCUT2D eigenvalue weighted by Crippen LogP contribution is 2.61. The number of allylic oxidation sites excluding steroid dienone is 1. The second-order valence-corrected chi connectivity index (χ2v) is 13.0. The number of likely N-dealkylation sites (tertiary alicyclic amines) is 1. The van der Waals surface area contributed by atoms with Gasteiger partial charge in [0, 0.05) is 36.3 Å². The molecule has 4 heterocycles. The molecule has 1 aromatic rings. The predicted molar refractivity (Wildman–Crippen MR) is 163 cm³/mol. The van der Waals surface area contributed by atoms with Crippen LogP contribution in [0, 0.1) is 17.8 Å². The second-order valence-electron chi connectivity index (χ2n) is 11.5. The normalized spacial score (nSPS) is 31.7. The first-order chi connectivity index (χ1) is 19.8. The molecule has 2 saturated heterocycles. The number of anilines is 2. The number of esters is 1. The van der Waals surface area contributed by atoms with Gasteiger partial charge in [0.2, 0.25) is 5.91 Å². The number of rotatable bonds is 8. The molecule has 2 fully saturated rings. The summed E-state index contributed by atoms with van der Waals surface area (Å²) in [5.41, 5.74) is 1.85. The number of aliphatic hydroxyl groups excluding tert-OH is 1. The molecule has 0 aliphatic carbocycles. The average Bonchev–Trinajstić information content (AvgIpc) is 3.39. The van der Waals surface area contributed by atoms with E-state index >= 15 is 0 Å². The van der Waals surface area contributed by atoms with E-state index in [9.17, 15) is 19.5 Å². The summed E-state index contributed by atoms with van der Waals surface area (Å²) >= 11 is 1.54. The molecule has 0 bridgehead atoms. The molecule has 222 valence electrons. The van der Waals surface area contributed by atoms with E-state index in [4.69, 9.17) is 4.74 Å². The van der Waals surface area contributed by atoms with Crippen LogP contribution in [0.15, 0.2) is 48.6 Å². The van der Waals surface area contributed by atoms with Crippen molar-refractivity contribution >= 4 is 40.9 Å². The standard InChI is InChI=1S/C32H43N3O5S/c1-5-21(4)24(20-36)35-28-30(38)34(23-15-13-22(14-16-23)33(6-2)7-3)18-11-17-32(28)27(29(35)37)26-25(41-32)12-9-8-10-19-40-31(26)39/h9,11-17,21,24-28,36H,5-8,10,18-20H2,1-4H3/b12-9-/t21-,24-,25+,26-,27-,28?,32-/m0/s1. The van der Waals surface area contributed by atoms with E-state index in [-0.39, 0.29) is 35.6 Å². The van der Waals surface area contributed by atoms with Crippen molar-refractivity contribution in [3.05, 3.63) is 48.6 Å². The number of hydrogen-bond donors (Lipinski definition) is 1. The summed E-state index contributed by atoms with van der Waals surface area (Å²) in [5.74, 6) is -2.27. The molecule has 0 saturated carbocycles. The van der Waals surface area contributed by atoms with Gasteiger partial charge in [-0.05, 0) is 56.9 Å². The van der Waals surface area contributed by atoms with Gasteiger partial charge < -0.3 is 24.5 Å². The van der Waals surface area contributed by atoms with Gasteiger partial charge in [0.15, 0.2) is 0 Å². The highest BCUT2D eigenvalue weighted by atomic mass is 32.2. The average molecular weight is 582 g/mol. The predicted octanol–water partition coefficient (Wildman–Crippen LogP) is 4.03. The molecule has 0 aromatic heterocycles. The zero-order chi connectivity index (χ0) is 29.3. The van der Waals surface area contributed by atoms with Gasteiger partial charge in [-0.25, -0.2) is 0 Å². The van der Waals surface area contributed by atoms with Crippen molar-refractivity contribution in [2.75, 3.05) is 42.6 Å². The van der Waals surface area contributed by atoms with Crippen molar-refractivity contribution < 1.29 is 24.2 Å². The van der Waals surface area contributed by atoms with Gasteiger partial charge in [-0.1, -0.05) is 44.6 Å². The van der Waals surface area contributed by atoms with Gasteiger partial charge in [0.05, 0.1) is 35.8 Å². The van der Waals surface area contributed by atoms with E-state index in [1.165, 1.54) is 0 Å². The number of amides is 2. The molecule has 1 unspecified atom stereocenters. The van der Waals surface area contributed by atoms with Crippen LogP contribution in [-0.2, 0) is 19.1 Å². The Bertz CT molecular complexity index is 1200. The largest absolute Gasteiger partial charge is 0.465 e. The minimum Gasteiger partial charge on any atom is -0.465 e. The maximum Gasteiger partial charge on any atom is 0.311 e. The van der Waals surface area contributed by atoms with E-state index in [0.29, 0.717) is 13.2 Å². The molecule has 1 N–H and O–H groups in total. The van der Waals surface area contributed by atoms with Crippen LogP contribution < -0.4 is 9.80 Å². The first kappa shape index (κ1) is 29.7. The molecule has 1 spiro atoms. The Kier molecular flexibility index (Phi) is 8.85. The summed E-state index contributed by atoms with van der Waals surface area (Å²) < 4.78 is 4.72. The summed E-state index contributed by atoms with van der Waals surface area (Å²) in [6.07, 6.45) is 10.4. The summed E-state index contributed by atoms with van der Waals surface area (Å²) in [4.78, 5) is 48.3. The number of carbonyl (C=O) groups is 3. The molecule has 9 heteroatoms. The van der Waals surface area contributed by atoms with Crippen LogP contribution >= 0.6 is 11.8 Å². The Morgan fingerprint density at radius 1 is 1.10 bits per heavy atom. The first-order valence-corrected chi connectivity index (χ1v) is 16.0. The number of benzene rings is 1. The van der Waals surface area contributed by atoms with E-state index in [1.54, 1.807) is 21.6 Å². The third-order valence-electron chi connectivity index (χ3n) is 9.42. The lowest BCUT2D eigenvalue weighted by molar-refractivity contribution is -0.153. The molecular weight excluding hydrogens is 538 g/mol. The van der Waals surface area contributed by atoms with Crippen molar-refractivity contribution in [3.63, 3.8) is 0 Å². The molecule has 4 aliphatic heterocycles. The summed E-state index contributed by atoms with van der Waals surface area (Å²) in [5, 5.41) is 10.3. The molecule has 7 atom stereocenters. The summed E-state index contributed by atoms with van der Waals surface area (Å²) in [6, 6.07) is 6.61. The van der Waals surface area contributed by atoms with Crippen LogP contribution in [-0.4, -0.2) is 82.7 Å². The zero-order valence-corrected chi connectivity index (χ0v) is 25.4. The number of fused-ring (bicyclic) bond motifs is 2. The maximum absolute atomic E-state index is 14.7. The van der Waals surface area contributed by atoms with Gasteiger partial charge in [0.1, 0.15) is 6.04 Å². The van der Waals surface area contributed by atoms with Crippen molar-refractivity contribution in [2.24, 2.45) is 17.8 Å². The van der Waals surface area contributed by atoms with E-state index in [1.807, 2.05) is 56.3 Å². The lowest BCUT2D eigenvalue weighted by Crippen LogP contribution is -2.58. The number of ether oxygens (including phenoxy) is 1. The van der Waals surface area contributed by atoms with Crippen molar-refractivity contribution in [1.29, 1.82) is 0 Å². The highest BCUT2D eigenvalue weighted by molar-refractivity contribution is 8.02. The van der Waals surface area contributed by atoms with Gasteiger partial charge in [-0.2, -0.15) is 0 Å². The first-order valence-electron chi connectivity index (χ1n) is 15.1. The number of thioether (sulfide) groups is 1. The van der Waals surface area contributed by atoms with Gasteiger partial charge in [-0.15, -0.1) is 11.8 Å². The fourth-order valence-corrected chi connectivity index (χ4v) is 9.02. The number of hydrogen-bond acceptors (Lipinski definition) is 7. The van der Waals surface area contributed by atoms with Crippen LogP contribution in [0.25, 0.3) is 0 Å². The Labute approximate surface area is 247 Å². The lowest BCUT2D eigenvalue weighted by atomic mass is 9.78. The smallest absolute Gasteiger partial charge is 0.311 e. The van der Waals surface area contributed by atoms with Crippen molar-refractivity contribution in [2.45, 2.75) is 69.0 Å². The van der Waals surface area contributed by atoms with Crippen molar-refractivity contribution in [1.82, 2.24) is 4.90 Å². The third-order valence-corrected chi connectivity index (χ3v) is 11.2. The highest BCUT2D eigenvalue weighted by Gasteiger charge is 2.72. The molecular formula is C32H43N3O5S. The maximum atomic E-state index is 14.7. The fraction of sp³-hybridized carbons (Fsp3) is 0.594. The summed E-state index contributed by atoms with van der Waals surface area (Å²) in [6.45, 7) is 10.5. The number of carbonyl (C=O) groups excluding carboxylic acids is 3. The minimum atomic E-state index is -0.942. The number of aliphatic hydroxyl groups is 1. The second kappa shape index (κ2) is 12.2. The molecule has 4 aliphatic rings. The van der Waals surface area contributed by atoms with Crippen LogP contribution in [0.2, 0.25) is 0 Å². The van der Waals surface area contributed by atoms with Crippen LogP contribution in [0.1, 0.15) is 47.0 Å². The van der Waals surface area contributed by atoms with E-state index < -0.39 is 28.7 Å². The number of cyclic esters (lactones) is 1. The van der Waals surface area contributed by atoms with Crippen LogP contribution in [0.5, 0.6) is 0 Å². The van der Waals surface area contributed by atoms with Crippen molar-refractivity contribution in [3.8, 4) is 0 Å². The third kappa shape index (κ3) is 4.99. The van der Waals surface area contributed by atoms with E-state index in [2.05, 4.69) is 24.8 Å².